The molecule has 4 nitrogen and oxygen atoms in total. The Bertz CT molecular complexity index is 1190. The molecule has 1 amide bonds. The van der Waals surface area contributed by atoms with Crippen LogP contribution in [0.1, 0.15) is 15.9 Å². The van der Waals surface area contributed by atoms with Gasteiger partial charge in [-0.15, -0.1) is 0 Å². The van der Waals surface area contributed by atoms with Gasteiger partial charge in [0.1, 0.15) is 11.3 Å². The standard InChI is InChI=1S/C23H19F2N3OS/c1-27(2)18-10-8-16(9-11-18)22(29)28(14-15-6-4-3-5-7-15)23-26-21-19(25)12-17(24)13-20(21)30-23/h3-13H,14H2,1-2H3. The van der Waals surface area contributed by atoms with Crippen molar-refractivity contribution in [2.45, 2.75) is 6.54 Å². The molecule has 4 rings (SSSR count). The Balaban J connectivity index is 1.76. The zero-order valence-electron chi connectivity index (χ0n) is 16.5. The van der Waals surface area contributed by atoms with Crippen LogP contribution in [0.3, 0.4) is 0 Å². The third kappa shape index (κ3) is 4.02. The maximum absolute atomic E-state index is 14.2. The maximum atomic E-state index is 14.2. The normalized spacial score (nSPS) is 10.9. The Morgan fingerprint density at radius 3 is 2.37 bits per heavy atom. The van der Waals surface area contributed by atoms with E-state index in [1.807, 2.05) is 61.5 Å². The predicted octanol–water partition coefficient (Wildman–Crippen LogP) is 5.49. The van der Waals surface area contributed by atoms with E-state index in [-0.39, 0.29) is 18.0 Å². The van der Waals surface area contributed by atoms with Gasteiger partial charge < -0.3 is 4.90 Å². The molecule has 4 aromatic rings. The van der Waals surface area contributed by atoms with E-state index in [0.717, 1.165) is 28.7 Å². The van der Waals surface area contributed by atoms with Crippen LogP contribution >= 0.6 is 11.3 Å². The summed E-state index contributed by atoms with van der Waals surface area (Å²) in [5, 5.41) is 0.319. The molecule has 0 aliphatic heterocycles. The molecule has 7 heteroatoms. The van der Waals surface area contributed by atoms with Crippen molar-refractivity contribution >= 4 is 38.3 Å². The highest BCUT2D eigenvalue weighted by molar-refractivity contribution is 7.22. The number of nitrogens with zero attached hydrogens (tertiary/aromatic N) is 3. The molecule has 30 heavy (non-hydrogen) atoms. The lowest BCUT2D eigenvalue weighted by molar-refractivity contribution is 0.0985. The monoisotopic (exact) mass is 423 g/mol. The molecular formula is C23H19F2N3OS. The van der Waals surface area contributed by atoms with Crippen LogP contribution in [0, 0.1) is 11.6 Å². The number of hydrogen-bond acceptors (Lipinski definition) is 4. The number of amides is 1. The summed E-state index contributed by atoms with van der Waals surface area (Å²) < 4.78 is 28.2. The summed E-state index contributed by atoms with van der Waals surface area (Å²) in [7, 11) is 3.85. The van der Waals surface area contributed by atoms with Crippen molar-refractivity contribution in [2.75, 3.05) is 23.9 Å². The van der Waals surface area contributed by atoms with E-state index >= 15 is 0 Å². The Morgan fingerprint density at radius 1 is 1.00 bits per heavy atom. The first-order valence-electron chi connectivity index (χ1n) is 9.31. The third-order valence-electron chi connectivity index (χ3n) is 4.69. The Hall–Kier alpha value is -3.32. The molecular weight excluding hydrogens is 404 g/mol. The highest BCUT2D eigenvalue weighted by Gasteiger charge is 2.23. The van der Waals surface area contributed by atoms with Crippen molar-refractivity contribution in [1.29, 1.82) is 0 Å². The van der Waals surface area contributed by atoms with Crippen molar-refractivity contribution in [3.05, 3.63) is 89.5 Å². The van der Waals surface area contributed by atoms with Gasteiger partial charge in [-0.25, -0.2) is 13.8 Å². The third-order valence-corrected chi connectivity index (χ3v) is 5.72. The second-order valence-corrected chi connectivity index (χ2v) is 8.06. The number of fused-ring (bicyclic) bond motifs is 1. The number of hydrogen-bond donors (Lipinski definition) is 0. The molecule has 0 saturated heterocycles. The fraction of sp³-hybridized carbons (Fsp3) is 0.130. The molecule has 0 spiro atoms. The fourth-order valence-corrected chi connectivity index (χ4v) is 4.11. The lowest BCUT2D eigenvalue weighted by Crippen LogP contribution is -2.30. The number of rotatable bonds is 5. The minimum Gasteiger partial charge on any atom is -0.378 e. The van der Waals surface area contributed by atoms with Crippen molar-refractivity contribution < 1.29 is 13.6 Å². The molecule has 0 aliphatic carbocycles. The highest BCUT2D eigenvalue weighted by atomic mass is 32.1. The molecule has 0 aliphatic rings. The van der Waals surface area contributed by atoms with Crippen LogP contribution in [0.4, 0.5) is 19.6 Å². The number of anilines is 2. The quantitative estimate of drug-likeness (QED) is 0.426. The van der Waals surface area contributed by atoms with Crippen molar-refractivity contribution in [3.8, 4) is 0 Å². The van der Waals surface area contributed by atoms with Crippen LogP contribution in [0.25, 0.3) is 10.2 Å². The lowest BCUT2D eigenvalue weighted by Gasteiger charge is -2.21. The summed E-state index contributed by atoms with van der Waals surface area (Å²) in [6, 6.07) is 18.7. The van der Waals surface area contributed by atoms with E-state index in [1.54, 1.807) is 12.1 Å². The van der Waals surface area contributed by atoms with E-state index < -0.39 is 11.6 Å². The van der Waals surface area contributed by atoms with Gasteiger partial charge in [0.2, 0.25) is 0 Å². The van der Waals surface area contributed by atoms with Gasteiger partial charge in [-0.05, 0) is 35.9 Å². The number of thiazole rings is 1. The van der Waals surface area contributed by atoms with Gasteiger partial charge in [0.05, 0.1) is 11.2 Å². The predicted molar refractivity (Wildman–Crippen MR) is 117 cm³/mol. The van der Waals surface area contributed by atoms with Crippen LogP contribution in [0.5, 0.6) is 0 Å². The highest BCUT2D eigenvalue weighted by Crippen LogP contribution is 2.33. The van der Waals surface area contributed by atoms with Gasteiger partial charge in [0, 0.05) is 31.4 Å². The first-order valence-corrected chi connectivity index (χ1v) is 10.1. The van der Waals surface area contributed by atoms with E-state index in [0.29, 0.717) is 15.4 Å². The number of aromatic nitrogens is 1. The topological polar surface area (TPSA) is 36.4 Å². The van der Waals surface area contributed by atoms with Crippen molar-refractivity contribution in [2.24, 2.45) is 0 Å². The average Bonchev–Trinajstić information content (AvgIpc) is 3.16. The van der Waals surface area contributed by atoms with E-state index in [2.05, 4.69) is 4.98 Å². The van der Waals surface area contributed by atoms with Crippen LogP contribution in [0.15, 0.2) is 66.7 Å². The van der Waals surface area contributed by atoms with Crippen molar-refractivity contribution in [1.82, 2.24) is 4.98 Å². The second kappa shape index (κ2) is 8.20. The molecule has 1 aromatic heterocycles. The molecule has 0 N–H and O–H groups in total. The first kappa shape index (κ1) is 20.0. The summed E-state index contributed by atoms with van der Waals surface area (Å²) in [4.78, 5) is 21.1. The Morgan fingerprint density at radius 2 is 1.70 bits per heavy atom. The number of carbonyl (C=O) groups excluding carboxylic acids is 1. The van der Waals surface area contributed by atoms with E-state index in [1.165, 1.54) is 11.0 Å². The van der Waals surface area contributed by atoms with Gasteiger partial charge in [0.25, 0.3) is 5.91 Å². The molecule has 0 radical (unpaired) electrons. The van der Waals surface area contributed by atoms with Crippen LogP contribution in [-0.4, -0.2) is 25.0 Å². The van der Waals surface area contributed by atoms with Gasteiger partial charge in [-0.1, -0.05) is 41.7 Å². The molecule has 0 unspecified atom stereocenters. The van der Waals surface area contributed by atoms with Crippen LogP contribution in [-0.2, 0) is 6.54 Å². The summed E-state index contributed by atoms with van der Waals surface area (Å²) in [5.74, 6) is -1.67. The largest absolute Gasteiger partial charge is 0.378 e. The zero-order chi connectivity index (χ0) is 21.3. The minimum absolute atomic E-state index is 0.0604. The summed E-state index contributed by atoms with van der Waals surface area (Å²) in [5.41, 5.74) is 2.42. The van der Waals surface area contributed by atoms with E-state index in [9.17, 15) is 13.6 Å². The molecule has 0 saturated carbocycles. The molecule has 1 heterocycles. The minimum atomic E-state index is -0.741. The molecule has 152 valence electrons. The Kier molecular flexibility index (Phi) is 5.46. The van der Waals surface area contributed by atoms with Gasteiger partial charge in [0.15, 0.2) is 10.9 Å². The second-order valence-electron chi connectivity index (χ2n) is 7.05. The molecule has 0 fully saturated rings. The van der Waals surface area contributed by atoms with Gasteiger partial charge in [-0.3, -0.25) is 9.69 Å². The SMILES string of the molecule is CN(C)c1ccc(C(=O)N(Cc2ccccc2)c2nc3c(F)cc(F)cc3s2)cc1. The lowest BCUT2D eigenvalue weighted by atomic mass is 10.1. The van der Waals surface area contributed by atoms with Crippen molar-refractivity contribution in [3.63, 3.8) is 0 Å². The molecule has 0 bridgehead atoms. The first-order chi connectivity index (χ1) is 14.4. The Labute approximate surface area is 177 Å². The smallest absolute Gasteiger partial charge is 0.260 e. The zero-order valence-corrected chi connectivity index (χ0v) is 17.3. The molecule has 0 atom stereocenters. The van der Waals surface area contributed by atoms with Crippen LogP contribution < -0.4 is 9.80 Å². The van der Waals surface area contributed by atoms with Crippen LogP contribution in [0.2, 0.25) is 0 Å². The fourth-order valence-electron chi connectivity index (χ4n) is 3.11. The summed E-state index contributed by atoms with van der Waals surface area (Å²) >= 11 is 1.09. The van der Waals surface area contributed by atoms with E-state index in [4.69, 9.17) is 0 Å². The number of benzene rings is 3. The van der Waals surface area contributed by atoms with Gasteiger partial charge in [-0.2, -0.15) is 0 Å². The average molecular weight is 423 g/mol. The summed E-state index contributed by atoms with van der Waals surface area (Å²) in [6.45, 7) is 0.263. The maximum Gasteiger partial charge on any atom is 0.260 e. The number of carbonyl (C=O) groups is 1. The van der Waals surface area contributed by atoms with Gasteiger partial charge >= 0.3 is 0 Å². The summed E-state index contributed by atoms with van der Waals surface area (Å²) in [6.07, 6.45) is 0. The number of halogens is 2. The molecule has 3 aromatic carbocycles.